The summed E-state index contributed by atoms with van der Waals surface area (Å²) in [7, 11) is 2.12. The molecule has 0 atom stereocenters. The van der Waals surface area contributed by atoms with E-state index in [4.69, 9.17) is 0 Å². The highest BCUT2D eigenvalue weighted by Gasteiger charge is 2.20. The Bertz CT molecular complexity index is 4370. The highest BCUT2D eigenvalue weighted by Crippen LogP contribution is 2.38. The van der Waals surface area contributed by atoms with Crippen LogP contribution in [0.25, 0.3) is 69.3 Å². The number of benzene rings is 3. The number of aryl methyl sites for hydroxylation is 2. The monoisotopic (exact) mass is 1260 g/mol. The second-order valence-electron chi connectivity index (χ2n) is 20.9. The van der Waals surface area contributed by atoms with Crippen LogP contribution >= 0.6 is 0 Å². The molecule has 5 nitrogen and oxygen atoms in total. The minimum absolute atomic E-state index is 0.920. The highest BCUT2D eigenvalue weighted by molar-refractivity contribution is 6.07. The van der Waals surface area contributed by atoms with Gasteiger partial charge in [-0.05, 0) is 185 Å². The van der Waals surface area contributed by atoms with Gasteiger partial charge in [0.1, 0.15) is 6.33 Å². The number of hydrogen-bond acceptors (Lipinski definition) is 2. The number of fused-ring (bicyclic) bond motifs is 5. The number of rotatable bonds is 11. The van der Waals surface area contributed by atoms with Crippen molar-refractivity contribution in [2.45, 2.75) is 129 Å². The maximum atomic E-state index is 4.14. The van der Waals surface area contributed by atoms with Crippen molar-refractivity contribution in [1.29, 1.82) is 0 Å². The van der Waals surface area contributed by atoms with E-state index < -0.39 is 0 Å². The third-order valence-electron chi connectivity index (χ3n) is 15.7. The van der Waals surface area contributed by atoms with E-state index in [1.807, 2.05) is 122 Å². The number of hydrogen-bond donors (Lipinski definition) is 0. The molecule has 0 spiro atoms. The van der Waals surface area contributed by atoms with E-state index in [-0.39, 0.29) is 0 Å². The Labute approximate surface area is 572 Å². The predicted molar refractivity (Wildman–Crippen MR) is 428 cm³/mol. The molecule has 0 bridgehead atoms. The molecule has 4 aliphatic rings. The Kier molecular flexibility index (Phi) is 37.7. The summed E-state index contributed by atoms with van der Waals surface area (Å²) >= 11 is 0. The fourth-order valence-electron chi connectivity index (χ4n) is 11.4. The van der Waals surface area contributed by atoms with Crippen LogP contribution in [0, 0.1) is 0 Å². The molecule has 95 heavy (non-hydrogen) atoms. The van der Waals surface area contributed by atoms with Crippen LogP contribution in [0.2, 0.25) is 0 Å². The summed E-state index contributed by atoms with van der Waals surface area (Å²) in [5, 5.41) is 8.40. The van der Waals surface area contributed by atoms with E-state index in [1.165, 1.54) is 106 Å². The molecule has 0 fully saturated rings. The average Bonchev–Trinajstić information content (AvgIpc) is 1.64. The quantitative estimate of drug-likeness (QED) is 0.121. The molecule has 4 aliphatic carbocycles. The second-order valence-corrected chi connectivity index (χ2v) is 20.9. The lowest BCUT2D eigenvalue weighted by atomic mass is 10.0. The van der Waals surface area contributed by atoms with Gasteiger partial charge in [-0.25, -0.2) is 9.97 Å². The van der Waals surface area contributed by atoms with Gasteiger partial charge in [-0.3, -0.25) is 0 Å². The van der Waals surface area contributed by atoms with Gasteiger partial charge in [-0.2, -0.15) is 0 Å². The second kappa shape index (κ2) is 44.3. The van der Waals surface area contributed by atoms with Crippen LogP contribution < -0.4 is 21.1 Å². The van der Waals surface area contributed by atoms with Crippen molar-refractivity contribution in [2.24, 2.45) is 7.05 Å². The molecule has 4 heterocycles. The van der Waals surface area contributed by atoms with Gasteiger partial charge in [0.15, 0.2) is 0 Å². The van der Waals surface area contributed by atoms with Crippen LogP contribution in [0.5, 0.6) is 0 Å². The van der Waals surface area contributed by atoms with Crippen molar-refractivity contribution >= 4 is 69.3 Å². The topological polar surface area (TPSA) is 40.6 Å². The van der Waals surface area contributed by atoms with Crippen LogP contribution in [0.1, 0.15) is 127 Å². The lowest BCUT2D eigenvalue weighted by molar-refractivity contribution is 0.737. The zero-order valence-electron chi connectivity index (χ0n) is 60.5. The largest absolute Gasteiger partial charge is 0.344 e. The van der Waals surface area contributed by atoms with E-state index in [1.54, 1.807) is 18.5 Å². The Morgan fingerprint density at radius 2 is 1.11 bits per heavy atom. The molecule has 3 aromatic carbocycles. The summed E-state index contributed by atoms with van der Waals surface area (Å²) in [6, 6.07) is 27.2. The first-order valence-corrected chi connectivity index (χ1v) is 33.4. The van der Waals surface area contributed by atoms with Crippen molar-refractivity contribution < 1.29 is 0 Å². The van der Waals surface area contributed by atoms with Crippen molar-refractivity contribution in [3.63, 3.8) is 0 Å². The number of allylic oxidation sites excluding steroid dienone is 26. The van der Waals surface area contributed by atoms with Gasteiger partial charge in [0.25, 0.3) is 0 Å². The van der Waals surface area contributed by atoms with Gasteiger partial charge in [-0.15, -0.1) is 0 Å². The van der Waals surface area contributed by atoms with Crippen molar-refractivity contribution in [1.82, 2.24) is 23.7 Å². The SMILES string of the molecule is C=C/C=C1/CC(C)=C(/C=C\C)C1=C.C=C/C=C1\C(=C)CC(/C=C\C)=C1C.C=C/C=c1\c(=C)c2ccccc2n1CC.C=CC1=C(C=C)C(=C/C)/C(=C\C)C1.C=Cc1c(C=C)n(CC)c2c1=C=C=CC=2.CC.CC.CC.Cn1c2ccccc2c2ccccc21.c1cncnc1. The maximum absolute atomic E-state index is 4.14. The molecule has 7 aromatic rings. The Morgan fingerprint density at radius 3 is 1.57 bits per heavy atom. The molecule has 0 aliphatic heterocycles. The van der Waals surface area contributed by atoms with Gasteiger partial charge in [0.05, 0.1) is 10.6 Å². The molecule has 5 heteroatoms. The number of aromatic nitrogens is 5. The molecule has 0 saturated carbocycles. The molecule has 4 aromatic heterocycles. The summed E-state index contributed by atoms with van der Waals surface area (Å²) in [6.07, 6.45) is 43.7. The summed E-state index contributed by atoms with van der Waals surface area (Å²) in [5.74, 6) is 0. The van der Waals surface area contributed by atoms with E-state index >= 15 is 0 Å². The van der Waals surface area contributed by atoms with Crippen LogP contribution in [0.4, 0.5) is 0 Å². The minimum Gasteiger partial charge on any atom is -0.344 e. The van der Waals surface area contributed by atoms with Gasteiger partial charge >= 0.3 is 0 Å². The molecule has 494 valence electrons. The van der Waals surface area contributed by atoms with Gasteiger partial charge in [0.2, 0.25) is 0 Å². The smallest absolute Gasteiger partial charge is 0.115 e. The van der Waals surface area contributed by atoms with Gasteiger partial charge in [0, 0.05) is 87.1 Å². The van der Waals surface area contributed by atoms with Crippen LogP contribution in [0.15, 0.2) is 314 Å². The van der Waals surface area contributed by atoms with Crippen molar-refractivity contribution in [3.05, 3.63) is 347 Å². The minimum atomic E-state index is 0.920. The molecular formula is C90H109N5. The fraction of sp³-hybridized carbons (Fsp3) is 0.222. The lowest BCUT2D eigenvalue weighted by Gasteiger charge is -2.02. The highest BCUT2D eigenvalue weighted by atomic mass is 15.0. The molecule has 0 saturated heterocycles. The van der Waals surface area contributed by atoms with E-state index in [9.17, 15) is 0 Å². The Balaban J connectivity index is 0.000000375. The lowest BCUT2D eigenvalue weighted by Crippen LogP contribution is -2.29. The standard InChI is InChI=1S/C14H15N.C14H13N.C13H11N.3C13H16.C4H4N2.3C2H6/c1-4-8-13-11(3)12-9-6-7-10-14(12)15(13)5-2;1-4-11-12-9-7-8-10-14(12)15(6-3)13(11)5-2;1-14-12-8-4-2-6-10(12)11-7-3-5-9-13(11)14;2*1-5-7-12-9-10(3)13(8-6-2)11(12)4;1-5-10-9-11(6-2)13(8-4)12(10)7-3;1-2-5-4-6-3-1;3*1-2/h4,6-10H,1,3,5H2,2H3;4-5,8,10H,1-2,6H2,3H3;2-9H,1H3;5-8H,2-3,9H2,1,4H3;5-8H,1,4,9H2,2-3H3;5-8H,1,3,9H2,2,4H3;1-4H;3*1-2H3/b13-8+;;;7-5-,13-8+;8-6-,12-7-;11-6-,13-8+;;;;. The first kappa shape index (κ1) is 80.8. The van der Waals surface area contributed by atoms with Crippen LogP contribution in [0.3, 0.4) is 0 Å². The normalized spacial score (nSPS) is 14.9. The summed E-state index contributed by atoms with van der Waals surface area (Å²) in [6.45, 7) is 69.4. The van der Waals surface area contributed by atoms with Crippen LogP contribution in [-0.4, -0.2) is 23.7 Å². The summed E-state index contributed by atoms with van der Waals surface area (Å²) in [5.41, 5.74) is 27.7. The maximum Gasteiger partial charge on any atom is 0.115 e. The Hall–Kier alpha value is -10.3. The predicted octanol–water partition coefficient (Wildman–Crippen LogP) is 22.5. The summed E-state index contributed by atoms with van der Waals surface area (Å²) < 4.78 is 6.72. The average molecular weight is 1260 g/mol. The van der Waals surface area contributed by atoms with Gasteiger partial charge < -0.3 is 13.7 Å². The first-order valence-electron chi connectivity index (χ1n) is 33.4. The number of para-hydroxylation sites is 3. The Morgan fingerprint density at radius 1 is 0.547 bits per heavy atom. The number of nitrogens with zero attached hydrogens (tertiary/aromatic N) is 5. The fourth-order valence-corrected chi connectivity index (χ4v) is 11.4. The first-order chi connectivity index (χ1) is 46.2. The van der Waals surface area contributed by atoms with E-state index in [0.29, 0.717) is 0 Å². The zero-order chi connectivity index (χ0) is 71.0. The molecule has 0 radical (unpaired) electrons. The third kappa shape index (κ3) is 21.1. The van der Waals surface area contributed by atoms with E-state index in [2.05, 4.69) is 265 Å². The molecule has 0 amide bonds. The van der Waals surface area contributed by atoms with Gasteiger partial charge in [-0.1, -0.05) is 264 Å². The molecule has 11 rings (SSSR count). The van der Waals surface area contributed by atoms with E-state index in [0.717, 1.165) is 65.0 Å². The third-order valence-corrected chi connectivity index (χ3v) is 15.7. The van der Waals surface area contributed by atoms with Crippen molar-refractivity contribution in [3.8, 4) is 0 Å². The molecule has 0 unspecified atom stereocenters. The zero-order valence-corrected chi connectivity index (χ0v) is 60.5. The van der Waals surface area contributed by atoms with Crippen molar-refractivity contribution in [2.75, 3.05) is 0 Å². The summed E-state index contributed by atoms with van der Waals surface area (Å²) in [4.78, 5) is 7.35. The molecular weight excluding hydrogens is 1150 g/mol. The van der Waals surface area contributed by atoms with Crippen LogP contribution in [-0.2, 0) is 20.1 Å². The molecule has 0 N–H and O–H groups in total.